The van der Waals surface area contributed by atoms with Gasteiger partial charge in [-0.25, -0.2) is 4.98 Å². The van der Waals surface area contributed by atoms with Gasteiger partial charge in [0.2, 0.25) is 5.88 Å². The molecule has 0 unspecified atom stereocenters. The van der Waals surface area contributed by atoms with E-state index in [4.69, 9.17) is 9.47 Å². The number of ether oxygens (including phenoxy) is 2. The lowest BCUT2D eigenvalue weighted by Gasteiger charge is -2.09. The number of carbonyl (C=O) groups excluding carboxylic acids is 1. The molecule has 0 radical (unpaired) electrons. The summed E-state index contributed by atoms with van der Waals surface area (Å²) in [5.74, 6) is -0.149. The quantitative estimate of drug-likeness (QED) is 0.887. The van der Waals surface area contributed by atoms with Gasteiger partial charge in [-0.3, -0.25) is 9.78 Å². The summed E-state index contributed by atoms with van der Waals surface area (Å²) >= 11 is 0. The van der Waals surface area contributed by atoms with Crippen LogP contribution in [0.4, 0.5) is 5.69 Å². The van der Waals surface area contributed by atoms with Crippen LogP contribution >= 0.6 is 0 Å². The van der Waals surface area contributed by atoms with Crippen molar-refractivity contribution in [2.24, 2.45) is 0 Å². The van der Waals surface area contributed by atoms with Crippen LogP contribution in [0.15, 0.2) is 30.6 Å². The second-order valence-electron chi connectivity index (χ2n) is 3.45. The zero-order chi connectivity index (χ0) is 13.7. The molecule has 7 heteroatoms. The van der Waals surface area contributed by atoms with E-state index in [1.54, 1.807) is 18.2 Å². The zero-order valence-corrected chi connectivity index (χ0v) is 10.5. The molecule has 0 aliphatic rings. The van der Waals surface area contributed by atoms with Gasteiger partial charge in [-0.15, -0.1) is 0 Å². The normalized spacial score (nSPS) is 9.79. The van der Waals surface area contributed by atoms with E-state index in [2.05, 4.69) is 20.3 Å². The average Bonchev–Trinajstić information content (AvgIpc) is 2.48. The molecule has 19 heavy (non-hydrogen) atoms. The Morgan fingerprint density at radius 1 is 1.21 bits per heavy atom. The third kappa shape index (κ3) is 2.95. The fourth-order valence-electron chi connectivity index (χ4n) is 1.37. The van der Waals surface area contributed by atoms with Crippen LogP contribution in [0.5, 0.6) is 11.9 Å². The van der Waals surface area contributed by atoms with Gasteiger partial charge < -0.3 is 14.8 Å². The average molecular weight is 260 g/mol. The molecule has 0 atom stereocenters. The Morgan fingerprint density at radius 2 is 2.05 bits per heavy atom. The summed E-state index contributed by atoms with van der Waals surface area (Å²) in [5.41, 5.74) is 0.638. The van der Waals surface area contributed by atoms with E-state index in [9.17, 15) is 4.79 Å². The van der Waals surface area contributed by atoms with Gasteiger partial charge in [-0.1, -0.05) is 6.07 Å². The van der Waals surface area contributed by atoms with E-state index in [1.807, 2.05) is 0 Å². The number of nitrogens with one attached hydrogen (secondary N) is 1. The summed E-state index contributed by atoms with van der Waals surface area (Å²) in [6.07, 6.45) is 2.95. The van der Waals surface area contributed by atoms with Crippen LogP contribution in [0.3, 0.4) is 0 Å². The number of anilines is 1. The Labute approximate surface area is 109 Å². The number of carbonyl (C=O) groups is 1. The number of hydrogen-bond donors (Lipinski definition) is 1. The second kappa shape index (κ2) is 5.76. The van der Waals surface area contributed by atoms with Crippen molar-refractivity contribution in [3.8, 4) is 11.9 Å². The van der Waals surface area contributed by atoms with Gasteiger partial charge in [0.15, 0.2) is 0 Å². The van der Waals surface area contributed by atoms with E-state index in [-0.39, 0.29) is 17.8 Å². The first kappa shape index (κ1) is 12.7. The van der Waals surface area contributed by atoms with Crippen LogP contribution in [0.2, 0.25) is 0 Å². The topological polar surface area (TPSA) is 86.2 Å². The molecule has 1 N–H and O–H groups in total. The predicted molar refractivity (Wildman–Crippen MR) is 67.3 cm³/mol. The van der Waals surface area contributed by atoms with Gasteiger partial charge in [0.25, 0.3) is 5.91 Å². The summed E-state index contributed by atoms with van der Waals surface area (Å²) in [5, 5.41) is 2.62. The first-order valence-electron chi connectivity index (χ1n) is 5.42. The first-order chi connectivity index (χ1) is 9.24. The Hall–Kier alpha value is -2.70. The lowest BCUT2D eigenvalue weighted by atomic mass is 10.3. The molecule has 2 rings (SSSR count). The molecule has 2 heterocycles. The molecular weight excluding hydrogens is 248 g/mol. The molecule has 0 aromatic carbocycles. The van der Waals surface area contributed by atoms with Crippen LogP contribution in [0, 0.1) is 0 Å². The highest BCUT2D eigenvalue weighted by Crippen LogP contribution is 2.22. The predicted octanol–water partition coefficient (Wildman–Crippen LogP) is 1.14. The molecule has 1 amide bonds. The molecule has 0 saturated carbocycles. The number of pyridine rings is 1. The fourth-order valence-corrected chi connectivity index (χ4v) is 1.37. The van der Waals surface area contributed by atoms with Gasteiger partial charge in [0.05, 0.1) is 20.4 Å². The Kier molecular flexibility index (Phi) is 3.87. The van der Waals surface area contributed by atoms with Crippen LogP contribution in [0.1, 0.15) is 10.5 Å². The third-order valence-electron chi connectivity index (χ3n) is 2.25. The lowest BCUT2D eigenvalue weighted by molar-refractivity contribution is 0.102. The number of nitrogens with zero attached hydrogens (tertiary/aromatic N) is 3. The van der Waals surface area contributed by atoms with E-state index < -0.39 is 0 Å². The van der Waals surface area contributed by atoms with E-state index >= 15 is 0 Å². The van der Waals surface area contributed by atoms with Crippen molar-refractivity contribution < 1.29 is 14.3 Å². The van der Waals surface area contributed by atoms with Crippen molar-refractivity contribution in [2.75, 3.05) is 19.5 Å². The highest BCUT2D eigenvalue weighted by atomic mass is 16.5. The molecule has 7 nitrogen and oxygen atoms in total. The zero-order valence-electron chi connectivity index (χ0n) is 10.5. The van der Waals surface area contributed by atoms with Crippen LogP contribution in [-0.2, 0) is 0 Å². The third-order valence-corrected chi connectivity index (χ3v) is 2.25. The Bertz CT molecular complexity index is 574. The molecule has 0 bridgehead atoms. The molecule has 0 aliphatic heterocycles. The summed E-state index contributed by atoms with van der Waals surface area (Å²) in [6.45, 7) is 0. The summed E-state index contributed by atoms with van der Waals surface area (Å²) < 4.78 is 9.93. The van der Waals surface area contributed by atoms with Crippen molar-refractivity contribution in [1.82, 2.24) is 15.0 Å². The van der Waals surface area contributed by atoms with E-state index in [0.29, 0.717) is 11.4 Å². The van der Waals surface area contributed by atoms with Crippen molar-refractivity contribution in [3.05, 3.63) is 36.3 Å². The van der Waals surface area contributed by atoms with Gasteiger partial charge in [0, 0.05) is 6.20 Å². The Morgan fingerprint density at radius 3 is 2.68 bits per heavy atom. The highest BCUT2D eigenvalue weighted by Gasteiger charge is 2.13. The van der Waals surface area contributed by atoms with Crippen LogP contribution < -0.4 is 14.8 Å². The van der Waals surface area contributed by atoms with Gasteiger partial charge in [0.1, 0.15) is 11.4 Å². The number of rotatable bonds is 4. The van der Waals surface area contributed by atoms with Crippen molar-refractivity contribution in [3.63, 3.8) is 0 Å². The summed E-state index contributed by atoms with van der Waals surface area (Å²) in [7, 11) is 2.89. The minimum atomic E-state index is -0.368. The van der Waals surface area contributed by atoms with Crippen molar-refractivity contribution in [2.45, 2.75) is 0 Å². The molecule has 2 aromatic rings. The van der Waals surface area contributed by atoms with E-state index in [0.717, 1.165) is 0 Å². The summed E-state index contributed by atoms with van der Waals surface area (Å²) in [4.78, 5) is 23.7. The van der Waals surface area contributed by atoms with Crippen LogP contribution in [0.25, 0.3) is 0 Å². The first-order valence-corrected chi connectivity index (χ1v) is 5.42. The molecule has 2 aromatic heterocycles. The molecule has 98 valence electrons. The van der Waals surface area contributed by atoms with Gasteiger partial charge in [-0.2, -0.15) is 4.98 Å². The number of methoxy groups -OCH3 is 2. The van der Waals surface area contributed by atoms with Crippen LogP contribution in [-0.4, -0.2) is 35.1 Å². The molecule has 0 saturated heterocycles. The summed E-state index contributed by atoms with van der Waals surface area (Å²) in [6, 6.07) is 5.22. The fraction of sp³-hybridized carbons (Fsp3) is 0.167. The molecule has 0 aliphatic carbocycles. The number of hydrogen-bond acceptors (Lipinski definition) is 6. The largest absolute Gasteiger partial charge is 0.479 e. The maximum absolute atomic E-state index is 11.9. The maximum atomic E-state index is 11.9. The molecule has 0 fully saturated rings. The minimum Gasteiger partial charge on any atom is -0.479 e. The molecular formula is C12H12N4O3. The van der Waals surface area contributed by atoms with Gasteiger partial charge in [-0.05, 0) is 12.1 Å². The van der Waals surface area contributed by atoms with E-state index in [1.165, 1.54) is 26.6 Å². The smallest absolute Gasteiger partial charge is 0.319 e. The SMILES string of the molecule is COc1ncc(NC(=O)c2ccccn2)c(OC)n1. The number of amides is 1. The Balaban J connectivity index is 2.21. The standard InChI is InChI=1S/C12H12N4O3/c1-18-11-9(7-14-12(16-11)19-2)15-10(17)8-5-3-4-6-13-8/h3-7H,1-2H3,(H,15,17). The van der Waals surface area contributed by atoms with Crippen molar-refractivity contribution >= 4 is 11.6 Å². The monoisotopic (exact) mass is 260 g/mol. The lowest BCUT2D eigenvalue weighted by Crippen LogP contribution is -2.14. The highest BCUT2D eigenvalue weighted by molar-refractivity contribution is 6.03. The van der Waals surface area contributed by atoms with Crippen molar-refractivity contribution in [1.29, 1.82) is 0 Å². The number of aromatic nitrogens is 3. The maximum Gasteiger partial charge on any atom is 0.319 e. The molecule has 0 spiro atoms. The van der Waals surface area contributed by atoms with Gasteiger partial charge >= 0.3 is 6.01 Å². The minimum absolute atomic E-state index is 0.160. The second-order valence-corrected chi connectivity index (χ2v) is 3.45.